The maximum absolute atomic E-state index is 9.43. The molecule has 4 aromatic rings. The molecule has 0 saturated carbocycles. The van der Waals surface area contributed by atoms with Crippen LogP contribution in [-0.2, 0) is 12.3 Å². The molecule has 2 aromatic heterocycles. The summed E-state index contributed by atoms with van der Waals surface area (Å²) in [5.74, 6) is 1.41. The van der Waals surface area contributed by atoms with Crippen molar-refractivity contribution in [3.05, 3.63) is 58.9 Å². The number of aromatic nitrogens is 6. The fourth-order valence-electron chi connectivity index (χ4n) is 2.85. The van der Waals surface area contributed by atoms with Crippen molar-refractivity contribution in [1.82, 2.24) is 29.8 Å². The molecule has 0 spiro atoms. The monoisotopic (exact) mass is 400 g/mol. The van der Waals surface area contributed by atoms with Gasteiger partial charge in [-0.3, -0.25) is 0 Å². The molecule has 0 bridgehead atoms. The summed E-state index contributed by atoms with van der Waals surface area (Å²) in [6.07, 6.45) is 0. The summed E-state index contributed by atoms with van der Waals surface area (Å²) >= 11 is 7.61. The molecular formula is C18H17ClN6OS. The maximum Gasteiger partial charge on any atom is 0.214 e. The number of halogens is 1. The SMILES string of the molecule is Cc1ccc(-n2nnnc2SCc2nc3ccc(Cl)cc3n2CCO)cc1. The molecule has 2 heterocycles. The number of tetrazole rings is 1. The Bertz CT molecular complexity index is 1080. The van der Waals surface area contributed by atoms with Crippen LogP contribution in [0.2, 0.25) is 5.02 Å². The third-order valence-electron chi connectivity index (χ3n) is 4.16. The lowest BCUT2D eigenvalue weighted by atomic mass is 10.2. The fraction of sp³-hybridized carbons (Fsp3) is 0.222. The summed E-state index contributed by atoms with van der Waals surface area (Å²) in [5, 5.41) is 22.8. The highest BCUT2D eigenvalue weighted by atomic mass is 35.5. The quantitative estimate of drug-likeness (QED) is 0.500. The zero-order valence-electron chi connectivity index (χ0n) is 14.6. The zero-order chi connectivity index (χ0) is 18.8. The van der Waals surface area contributed by atoms with Crippen molar-refractivity contribution in [3.8, 4) is 5.69 Å². The average Bonchev–Trinajstić information content (AvgIpc) is 3.26. The van der Waals surface area contributed by atoms with Crippen molar-refractivity contribution >= 4 is 34.4 Å². The van der Waals surface area contributed by atoms with Crippen LogP contribution in [0.4, 0.5) is 0 Å². The van der Waals surface area contributed by atoms with Crippen LogP contribution in [-0.4, -0.2) is 41.5 Å². The summed E-state index contributed by atoms with van der Waals surface area (Å²) in [4.78, 5) is 4.68. The molecule has 0 aliphatic heterocycles. The Labute approximate surface area is 165 Å². The van der Waals surface area contributed by atoms with E-state index < -0.39 is 0 Å². The summed E-state index contributed by atoms with van der Waals surface area (Å²) in [5.41, 5.74) is 3.84. The topological polar surface area (TPSA) is 81.7 Å². The number of thioether (sulfide) groups is 1. The average molecular weight is 401 g/mol. The second-order valence-electron chi connectivity index (χ2n) is 6.03. The first-order chi connectivity index (χ1) is 13.2. The molecular weight excluding hydrogens is 384 g/mol. The number of benzene rings is 2. The van der Waals surface area contributed by atoms with Gasteiger partial charge in [0.1, 0.15) is 5.82 Å². The number of hydrogen-bond donors (Lipinski definition) is 1. The third kappa shape index (κ3) is 3.69. The lowest BCUT2D eigenvalue weighted by Gasteiger charge is -2.08. The highest BCUT2D eigenvalue weighted by Crippen LogP contribution is 2.26. The largest absolute Gasteiger partial charge is 0.395 e. The molecule has 0 atom stereocenters. The van der Waals surface area contributed by atoms with Gasteiger partial charge in [-0.2, -0.15) is 4.68 Å². The first-order valence-corrected chi connectivity index (χ1v) is 9.76. The highest BCUT2D eigenvalue weighted by molar-refractivity contribution is 7.98. The van der Waals surface area contributed by atoms with Crippen molar-refractivity contribution in [3.63, 3.8) is 0 Å². The second-order valence-corrected chi connectivity index (χ2v) is 7.41. The van der Waals surface area contributed by atoms with E-state index in [1.54, 1.807) is 4.68 Å². The number of aryl methyl sites for hydroxylation is 1. The van der Waals surface area contributed by atoms with Gasteiger partial charge in [-0.25, -0.2) is 4.98 Å². The summed E-state index contributed by atoms with van der Waals surface area (Å²) in [6.45, 7) is 2.52. The minimum absolute atomic E-state index is 0.0245. The van der Waals surface area contributed by atoms with Gasteiger partial charge in [0.15, 0.2) is 0 Å². The first kappa shape index (κ1) is 18.0. The van der Waals surface area contributed by atoms with Crippen molar-refractivity contribution in [2.24, 2.45) is 0 Å². The van der Waals surface area contributed by atoms with Gasteiger partial charge < -0.3 is 9.67 Å². The number of nitrogens with zero attached hydrogens (tertiary/aromatic N) is 6. The van der Waals surface area contributed by atoms with E-state index in [-0.39, 0.29) is 6.61 Å². The van der Waals surface area contributed by atoms with E-state index in [0.717, 1.165) is 22.5 Å². The van der Waals surface area contributed by atoms with E-state index in [9.17, 15) is 5.11 Å². The number of imidazole rings is 1. The highest BCUT2D eigenvalue weighted by Gasteiger charge is 2.14. The Morgan fingerprint density at radius 1 is 1.15 bits per heavy atom. The van der Waals surface area contributed by atoms with Gasteiger partial charge in [0.2, 0.25) is 5.16 Å². The standard InChI is InChI=1S/C18H17ClN6OS/c1-12-2-5-14(6-3-12)25-18(21-22-23-25)27-11-17-20-15-7-4-13(19)10-16(15)24(17)8-9-26/h2-7,10,26H,8-9,11H2,1H3. The van der Waals surface area contributed by atoms with E-state index in [2.05, 4.69) is 20.5 Å². The number of aliphatic hydroxyl groups excluding tert-OH is 1. The number of fused-ring (bicyclic) bond motifs is 1. The smallest absolute Gasteiger partial charge is 0.214 e. The Kier molecular flexibility index (Phi) is 5.11. The molecule has 0 saturated heterocycles. The molecule has 1 N–H and O–H groups in total. The summed E-state index contributed by atoms with van der Waals surface area (Å²) < 4.78 is 3.69. The molecule has 4 rings (SSSR count). The van der Waals surface area contributed by atoms with E-state index >= 15 is 0 Å². The van der Waals surface area contributed by atoms with Crippen molar-refractivity contribution in [2.45, 2.75) is 24.4 Å². The van der Waals surface area contributed by atoms with Gasteiger partial charge in [0.05, 0.1) is 29.1 Å². The Morgan fingerprint density at radius 2 is 1.96 bits per heavy atom. The third-order valence-corrected chi connectivity index (χ3v) is 5.31. The van der Waals surface area contributed by atoms with Crippen LogP contribution in [0, 0.1) is 6.92 Å². The minimum Gasteiger partial charge on any atom is -0.395 e. The molecule has 0 aliphatic carbocycles. The van der Waals surface area contributed by atoms with Gasteiger partial charge in [0.25, 0.3) is 0 Å². The van der Waals surface area contributed by atoms with Gasteiger partial charge in [-0.05, 0) is 47.7 Å². The molecule has 0 aliphatic rings. The molecule has 0 fully saturated rings. The zero-order valence-corrected chi connectivity index (χ0v) is 16.2. The molecule has 138 valence electrons. The fourth-order valence-corrected chi connectivity index (χ4v) is 3.85. The predicted molar refractivity (Wildman–Crippen MR) is 105 cm³/mol. The number of rotatable bonds is 6. The second kappa shape index (κ2) is 7.67. The maximum atomic E-state index is 9.43. The summed E-state index contributed by atoms with van der Waals surface area (Å²) in [7, 11) is 0. The number of hydrogen-bond acceptors (Lipinski definition) is 6. The Morgan fingerprint density at radius 3 is 2.74 bits per heavy atom. The van der Waals surface area contributed by atoms with Crippen molar-refractivity contribution in [1.29, 1.82) is 0 Å². The van der Waals surface area contributed by atoms with Crippen LogP contribution in [0.15, 0.2) is 47.6 Å². The lowest BCUT2D eigenvalue weighted by molar-refractivity contribution is 0.276. The Hall–Kier alpha value is -2.42. The van der Waals surface area contributed by atoms with Crippen molar-refractivity contribution < 1.29 is 5.11 Å². The van der Waals surface area contributed by atoms with E-state index in [1.807, 2.05) is 54.0 Å². The molecule has 0 amide bonds. The molecule has 2 aromatic carbocycles. The van der Waals surface area contributed by atoms with Gasteiger partial charge >= 0.3 is 0 Å². The van der Waals surface area contributed by atoms with Crippen LogP contribution in [0.5, 0.6) is 0 Å². The van der Waals surface area contributed by atoms with E-state index in [0.29, 0.717) is 22.5 Å². The lowest BCUT2D eigenvalue weighted by Crippen LogP contribution is -2.06. The minimum atomic E-state index is 0.0245. The van der Waals surface area contributed by atoms with Crippen LogP contribution in [0.3, 0.4) is 0 Å². The predicted octanol–water partition coefficient (Wildman–Crippen LogP) is 3.26. The van der Waals surface area contributed by atoms with E-state index in [1.165, 1.54) is 17.3 Å². The van der Waals surface area contributed by atoms with Gasteiger partial charge in [-0.1, -0.05) is 41.1 Å². The number of aliphatic hydroxyl groups is 1. The Balaban J connectivity index is 1.62. The van der Waals surface area contributed by atoms with Gasteiger partial charge in [0, 0.05) is 11.6 Å². The molecule has 27 heavy (non-hydrogen) atoms. The van der Waals surface area contributed by atoms with Gasteiger partial charge in [-0.15, -0.1) is 5.10 Å². The normalized spacial score (nSPS) is 11.4. The van der Waals surface area contributed by atoms with Crippen LogP contribution >= 0.6 is 23.4 Å². The first-order valence-electron chi connectivity index (χ1n) is 8.39. The van der Waals surface area contributed by atoms with Crippen molar-refractivity contribution in [2.75, 3.05) is 6.61 Å². The summed E-state index contributed by atoms with van der Waals surface area (Å²) in [6, 6.07) is 13.6. The molecule has 7 nitrogen and oxygen atoms in total. The van der Waals surface area contributed by atoms with Crippen LogP contribution < -0.4 is 0 Å². The van der Waals surface area contributed by atoms with E-state index in [4.69, 9.17) is 11.6 Å². The van der Waals surface area contributed by atoms with Crippen LogP contribution in [0.1, 0.15) is 11.4 Å². The molecule has 9 heteroatoms. The van der Waals surface area contributed by atoms with Crippen LogP contribution in [0.25, 0.3) is 16.7 Å². The molecule has 0 radical (unpaired) electrons. The molecule has 0 unspecified atom stereocenters.